The normalized spacial score (nSPS) is 20.4. The van der Waals surface area contributed by atoms with Crippen molar-refractivity contribution in [2.24, 2.45) is 11.8 Å². The van der Waals surface area contributed by atoms with E-state index in [4.69, 9.17) is 0 Å². The summed E-state index contributed by atoms with van der Waals surface area (Å²) < 4.78 is 28.2. The second kappa shape index (κ2) is 17.2. The number of rotatable bonds is 14. The lowest BCUT2D eigenvalue weighted by Crippen LogP contribution is -2.56. The predicted molar refractivity (Wildman–Crippen MR) is 175 cm³/mol. The molecule has 6 nitrogen and oxygen atoms in total. The van der Waals surface area contributed by atoms with E-state index < -0.39 is 29.7 Å². The fourth-order valence-electron chi connectivity index (χ4n) is 7.27. The molecule has 2 aromatic rings. The fraction of sp³-hybridized carbons (Fsp3) is 0.622. The average Bonchev–Trinajstić information content (AvgIpc) is 3.02. The summed E-state index contributed by atoms with van der Waals surface area (Å²) >= 11 is 0. The minimum atomic E-state index is -0.977. The van der Waals surface area contributed by atoms with Crippen LogP contribution in [0.2, 0.25) is 0 Å². The van der Waals surface area contributed by atoms with E-state index in [0.717, 1.165) is 49.8 Å². The molecule has 0 bridgehead atoms. The van der Waals surface area contributed by atoms with Crippen LogP contribution in [-0.4, -0.2) is 59.6 Å². The highest BCUT2D eigenvalue weighted by Crippen LogP contribution is 2.31. The van der Waals surface area contributed by atoms with E-state index in [9.17, 15) is 23.5 Å². The van der Waals surface area contributed by atoms with E-state index in [1.807, 2.05) is 20.8 Å². The molecular formula is C37H53F2N3O3. The lowest BCUT2D eigenvalue weighted by Gasteiger charge is -2.37. The van der Waals surface area contributed by atoms with Gasteiger partial charge in [0.15, 0.2) is 0 Å². The Labute approximate surface area is 268 Å². The number of nitrogens with zero attached hydrogens (tertiary/aromatic N) is 1. The minimum Gasteiger partial charge on any atom is -0.389 e. The molecule has 1 aliphatic carbocycles. The number of aliphatic hydroxyl groups excluding tert-OH is 1. The van der Waals surface area contributed by atoms with E-state index in [-0.39, 0.29) is 18.4 Å². The lowest BCUT2D eigenvalue weighted by atomic mass is 9.81. The van der Waals surface area contributed by atoms with Crippen molar-refractivity contribution in [1.82, 2.24) is 15.5 Å². The number of carbonyl (C=O) groups excluding carboxylic acids is 2. The van der Waals surface area contributed by atoms with Crippen LogP contribution in [0.25, 0.3) is 0 Å². The number of hydrogen-bond acceptors (Lipinski definition) is 4. The summed E-state index contributed by atoms with van der Waals surface area (Å²) in [5, 5.41) is 18.1. The van der Waals surface area contributed by atoms with Gasteiger partial charge in [0.05, 0.1) is 12.1 Å². The molecule has 2 fully saturated rings. The Hall–Kier alpha value is -2.84. The third kappa shape index (κ3) is 10.3. The molecule has 0 radical (unpaired) electrons. The van der Waals surface area contributed by atoms with E-state index >= 15 is 0 Å². The summed E-state index contributed by atoms with van der Waals surface area (Å²) in [5.41, 5.74) is 1.89. The van der Waals surface area contributed by atoms with Gasteiger partial charge < -0.3 is 20.6 Å². The third-order valence-electron chi connectivity index (χ3n) is 9.64. The molecule has 8 heteroatoms. The zero-order valence-corrected chi connectivity index (χ0v) is 27.4. The van der Waals surface area contributed by atoms with Gasteiger partial charge in [-0.3, -0.25) is 9.59 Å². The van der Waals surface area contributed by atoms with Crippen molar-refractivity contribution in [3.05, 3.63) is 70.3 Å². The van der Waals surface area contributed by atoms with Crippen molar-refractivity contribution >= 4 is 11.8 Å². The first-order valence-electron chi connectivity index (χ1n) is 17.2. The van der Waals surface area contributed by atoms with E-state index in [2.05, 4.69) is 10.6 Å². The Kier molecular flexibility index (Phi) is 13.4. The molecule has 4 atom stereocenters. The van der Waals surface area contributed by atoms with E-state index in [1.165, 1.54) is 57.1 Å². The molecule has 45 heavy (non-hydrogen) atoms. The van der Waals surface area contributed by atoms with Crippen LogP contribution in [0.3, 0.4) is 0 Å². The SMILES string of the molecule is CCCN(CCC)C(=O)c1cc(C)cc(C(=O)N[C@@H](Cc2cc(F)cc(F)c2)C(O)C2CCC(CCC3CCCCC3)CN2)c1. The quantitative estimate of drug-likeness (QED) is 0.212. The van der Waals surface area contributed by atoms with Gasteiger partial charge in [-0.05, 0) is 105 Å². The fourth-order valence-corrected chi connectivity index (χ4v) is 7.27. The van der Waals surface area contributed by atoms with Crippen molar-refractivity contribution in [3.8, 4) is 0 Å². The molecule has 1 aliphatic heterocycles. The number of benzene rings is 2. The molecule has 3 N–H and O–H groups in total. The second-order valence-electron chi connectivity index (χ2n) is 13.5. The van der Waals surface area contributed by atoms with Gasteiger partial charge >= 0.3 is 0 Å². The van der Waals surface area contributed by atoms with Crippen LogP contribution in [0.4, 0.5) is 8.78 Å². The van der Waals surface area contributed by atoms with Crippen LogP contribution >= 0.6 is 0 Å². The number of nitrogens with one attached hydrogen (secondary N) is 2. The van der Waals surface area contributed by atoms with E-state index in [0.29, 0.717) is 35.7 Å². The van der Waals surface area contributed by atoms with Gasteiger partial charge in [0.1, 0.15) is 11.6 Å². The van der Waals surface area contributed by atoms with E-state index in [1.54, 1.807) is 23.1 Å². The van der Waals surface area contributed by atoms with Gasteiger partial charge in [0.2, 0.25) is 0 Å². The zero-order valence-electron chi connectivity index (χ0n) is 27.4. The van der Waals surface area contributed by atoms with Gasteiger partial charge in [-0.25, -0.2) is 8.78 Å². The van der Waals surface area contributed by atoms with Crippen LogP contribution in [0.5, 0.6) is 0 Å². The highest BCUT2D eigenvalue weighted by molar-refractivity contribution is 6.00. The van der Waals surface area contributed by atoms with Crippen molar-refractivity contribution in [1.29, 1.82) is 0 Å². The summed E-state index contributed by atoms with van der Waals surface area (Å²) in [7, 11) is 0. The van der Waals surface area contributed by atoms with Crippen molar-refractivity contribution in [3.63, 3.8) is 0 Å². The number of amides is 2. The standard InChI is InChI=1S/C37H53F2N3O3/c1-4-15-42(16-5-2)37(45)30-18-25(3)17-29(22-30)36(44)41-34(21-28-19-31(38)23-32(39)20-28)35(43)33-14-13-27(24-40-33)12-11-26-9-7-6-8-10-26/h17-20,22-23,26-27,33-35,40,43H,4-16,21,24H2,1-3H3,(H,41,44)/t27?,33?,34-,35?/m0/s1. The highest BCUT2D eigenvalue weighted by atomic mass is 19.1. The molecule has 0 aromatic heterocycles. The number of hydrogen-bond donors (Lipinski definition) is 3. The number of aliphatic hydroxyl groups is 1. The molecule has 2 aromatic carbocycles. The number of piperidine rings is 1. The molecule has 1 heterocycles. The highest BCUT2D eigenvalue weighted by Gasteiger charge is 2.33. The van der Waals surface area contributed by atoms with Crippen LogP contribution in [0.1, 0.15) is 116 Å². The third-order valence-corrected chi connectivity index (χ3v) is 9.64. The monoisotopic (exact) mass is 625 g/mol. The Morgan fingerprint density at radius 3 is 2.16 bits per heavy atom. The van der Waals surface area contributed by atoms with Gasteiger partial charge in [-0.1, -0.05) is 52.4 Å². The van der Waals surface area contributed by atoms with Crippen LogP contribution < -0.4 is 10.6 Å². The Bertz CT molecular complexity index is 1230. The van der Waals surface area contributed by atoms with Crippen molar-refractivity contribution < 1.29 is 23.5 Å². The Morgan fingerprint density at radius 2 is 1.53 bits per heavy atom. The molecule has 0 spiro atoms. The largest absolute Gasteiger partial charge is 0.389 e. The topological polar surface area (TPSA) is 81.7 Å². The second-order valence-corrected chi connectivity index (χ2v) is 13.5. The first-order chi connectivity index (χ1) is 21.7. The first kappa shape index (κ1) is 35.0. The Morgan fingerprint density at radius 1 is 0.889 bits per heavy atom. The maximum absolute atomic E-state index is 14.1. The summed E-state index contributed by atoms with van der Waals surface area (Å²) in [5.74, 6) is -0.561. The van der Waals surface area contributed by atoms with Crippen molar-refractivity contribution in [2.75, 3.05) is 19.6 Å². The van der Waals surface area contributed by atoms with Crippen LogP contribution in [0.15, 0.2) is 36.4 Å². The smallest absolute Gasteiger partial charge is 0.253 e. The van der Waals surface area contributed by atoms with Crippen LogP contribution in [-0.2, 0) is 6.42 Å². The van der Waals surface area contributed by atoms with Gasteiger partial charge in [0.25, 0.3) is 11.8 Å². The average molecular weight is 626 g/mol. The summed E-state index contributed by atoms with van der Waals surface area (Å²) in [4.78, 5) is 28.8. The minimum absolute atomic E-state index is 0.0588. The maximum Gasteiger partial charge on any atom is 0.253 e. The Balaban J connectivity index is 1.47. The molecule has 3 unspecified atom stereocenters. The van der Waals surface area contributed by atoms with Crippen LogP contribution in [0, 0.1) is 30.4 Å². The first-order valence-corrected chi connectivity index (χ1v) is 17.2. The van der Waals surface area contributed by atoms with Crippen molar-refractivity contribution in [2.45, 2.75) is 116 Å². The molecule has 1 saturated carbocycles. The molecule has 1 saturated heterocycles. The summed E-state index contributed by atoms with van der Waals surface area (Å²) in [6.45, 7) is 7.97. The van der Waals surface area contributed by atoms with Gasteiger partial charge in [0, 0.05) is 36.3 Å². The predicted octanol–water partition coefficient (Wildman–Crippen LogP) is 6.97. The summed E-state index contributed by atoms with van der Waals surface area (Å²) in [6, 6.07) is 7.35. The number of halogens is 2. The van der Waals surface area contributed by atoms with Gasteiger partial charge in [-0.15, -0.1) is 0 Å². The summed E-state index contributed by atoms with van der Waals surface area (Å²) in [6.07, 6.45) is 11.7. The number of carbonyl (C=O) groups is 2. The maximum atomic E-state index is 14.1. The zero-order chi connectivity index (χ0) is 32.3. The van der Waals surface area contributed by atoms with Gasteiger partial charge in [-0.2, -0.15) is 0 Å². The molecular weight excluding hydrogens is 572 g/mol. The molecule has 248 valence electrons. The molecule has 2 amide bonds. The number of aryl methyl sites for hydroxylation is 1. The molecule has 4 rings (SSSR count). The lowest BCUT2D eigenvalue weighted by molar-refractivity contribution is 0.0589. The molecule has 2 aliphatic rings.